The first-order valence-corrected chi connectivity index (χ1v) is 35.3. The van der Waals surface area contributed by atoms with Crippen molar-refractivity contribution in [2.75, 3.05) is 43.3 Å². The van der Waals surface area contributed by atoms with Crippen molar-refractivity contribution in [2.45, 2.75) is 147 Å². The Morgan fingerprint density at radius 2 is 1.07 bits per heavy atom. The second-order valence-electron chi connectivity index (χ2n) is 24.7. The summed E-state index contributed by atoms with van der Waals surface area (Å²) in [7, 11) is -9.78. The third kappa shape index (κ3) is 15.4. The van der Waals surface area contributed by atoms with E-state index < -0.39 is 63.6 Å². The van der Waals surface area contributed by atoms with Crippen LogP contribution in [0.1, 0.15) is 144 Å². The summed E-state index contributed by atoms with van der Waals surface area (Å²) in [6.07, 6.45) is 1.06. The fourth-order valence-corrected chi connectivity index (χ4v) is 13.3. The summed E-state index contributed by atoms with van der Waals surface area (Å²) in [5, 5.41) is 3.08. The molecule has 490 valence electrons. The number of benzene rings is 3. The van der Waals surface area contributed by atoms with Crippen LogP contribution < -0.4 is 10.2 Å². The predicted octanol–water partition coefficient (Wildman–Crippen LogP) is 10.4. The van der Waals surface area contributed by atoms with Gasteiger partial charge in [-0.3, -0.25) is 14.5 Å². The van der Waals surface area contributed by atoms with Crippen LogP contribution in [0.5, 0.6) is 0 Å². The molecule has 23 nitrogen and oxygen atoms in total. The normalized spacial score (nSPS) is 17.0. The van der Waals surface area contributed by atoms with Gasteiger partial charge in [0, 0.05) is 71.2 Å². The van der Waals surface area contributed by atoms with E-state index in [9.17, 15) is 52.8 Å². The number of sulfone groups is 3. The highest BCUT2D eigenvalue weighted by Crippen LogP contribution is 2.39. The molecule has 0 aliphatic carbocycles. The van der Waals surface area contributed by atoms with Crippen molar-refractivity contribution in [3.63, 3.8) is 0 Å². The van der Waals surface area contributed by atoms with Gasteiger partial charge in [0.05, 0.1) is 83.4 Å². The molecule has 3 atom stereocenters. The highest BCUT2D eigenvalue weighted by atomic mass is 35.5. The monoisotopic (exact) mass is 1340 g/mol. The van der Waals surface area contributed by atoms with Crippen LogP contribution in [-0.2, 0) is 60.1 Å². The van der Waals surface area contributed by atoms with Crippen molar-refractivity contribution >= 4 is 97.8 Å². The first kappa shape index (κ1) is 69.4. The number of hydrogen-bond acceptors (Lipinski definition) is 19. The van der Waals surface area contributed by atoms with Gasteiger partial charge in [0.1, 0.15) is 33.9 Å². The van der Waals surface area contributed by atoms with Gasteiger partial charge in [0.2, 0.25) is 5.95 Å². The molecule has 0 bridgehead atoms. The van der Waals surface area contributed by atoms with Gasteiger partial charge in [-0.2, -0.15) is 13.2 Å². The third-order valence-corrected chi connectivity index (χ3v) is 18.9. The van der Waals surface area contributed by atoms with Crippen LogP contribution in [0.25, 0.3) is 33.1 Å². The van der Waals surface area contributed by atoms with Gasteiger partial charge in [-0.15, -0.1) is 0 Å². The fraction of sp³-hybridized carbons (Fsp3) is 0.475. The molecule has 30 heteroatoms. The van der Waals surface area contributed by atoms with Crippen molar-refractivity contribution < 1.29 is 57.5 Å². The summed E-state index contributed by atoms with van der Waals surface area (Å²) in [5.41, 5.74) is 3.42. The molecule has 3 aromatic carbocycles. The maximum atomic E-state index is 12.7. The SMILES string of the molecule is CC(=O)c1cnc(N2CCn3c(nc4ccc(S(C)(=O)=O)cc43)C2C(C)C)nc1C.CC(=O)c1ncc(Cl)nc1C(F)(F)F.CC(C)C1NCCn2c1nc1ccc(S(C)(=O)=O)cc12.CC(C)C1c2nc3ccc(S(C)(=O)=O)cc3n2CCN1C(=O)OC(C)(C)C. The van der Waals surface area contributed by atoms with E-state index in [2.05, 4.69) is 72.0 Å². The van der Waals surface area contributed by atoms with Gasteiger partial charge in [0.15, 0.2) is 46.8 Å². The van der Waals surface area contributed by atoms with Crippen molar-refractivity contribution in [3.05, 3.63) is 112 Å². The largest absolute Gasteiger partial charge is 0.444 e. The summed E-state index contributed by atoms with van der Waals surface area (Å²) < 4.78 is 120. The van der Waals surface area contributed by atoms with E-state index in [1.54, 1.807) is 65.7 Å². The Morgan fingerprint density at radius 1 is 0.604 bits per heavy atom. The van der Waals surface area contributed by atoms with E-state index in [0.717, 1.165) is 76.8 Å². The van der Waals surface area contributed by atoms with Crippen molar-refractivity contribution in [3.8, 4) is 0 Å². The Kier molecular flexibility index (Phi) is 20.0. The number of fused-ring (bicyclic) bond motifs is 9. The molecular weight excluding hydrogens is 1260 g/mol. The second-order valence-corrected chi connectivity index (χ2v) is 31.2. The Hall–Kier alpha value is -7.47. The molecule has 0 saturated heterocycles. The molecule has 3 aliphatic heterocycles. The minimum atomic E-state index is -4.72. The number of amides is 1. The molecule has 0 fully saturated rings. The standard InChI is InChI=1S/C21H25N5O3S.C19H27N3O4S.C14H19N3O2S.C7H4ClF3N2O/c1-12(2)19-20-24-17-7-6-15(30(5,28)29)10-18(17)25(20)8-9-26(19)21-22-11-16(14(4)27)13(3)23-21;1-12(2)16-17-20-14-8-7-13(27(6,24)25)11-15(14)21(17)9-10-22(16)18(23)26-19(3,4)5;1-9(2)13-14-16-11-5-4-10(20(3,18)19)8-12(11)17(14)7-6-15-13;1-3(14)5-6(7(9,10)11)13-4(8)2-12-5/h6-7,10-12,19H,8-9H2,1-5H3;7-8,11-12,16H,9-10H2,1-6H3;4-5,8-9,13,15H,6-7H2,1-3H3;2H,1H3. The molecule has 3 aliphatic rings. The number of imidazole rings is 3. The highest BCUT2D eigenvalue weighted by Gasteiger charge is 2.40. The zero-order valence-corrected chi connectivity index (χ0v) is 56.4. The zero-order valence-electron chi connectivity index (χ0n) is 53.2. The Labute approximate surface area is 532 Å². The lowest BCUT2D eigenvalue weighted by Crippen LogP contribution is -2.46. The van der Waals surface area contributed by atoms with Crippen molar-refractivity contribution in [2.24, 2.45) is 17.8 Å². The maximum Gasteiger partial charge on any atom is 0.435 e. The summed E-state index contributed by atoms with van der Waals surface area (Å²) in [4.78, 5) is 69.6. The average molecular weight is 1340 g/mol. The lowest BCUT2D eigenvalue weighted by atomic mass is 10.00. The number of nitrogens with one attached hydrogen (secondary N) is 1. The predicted molar refractivity (Wildman–Crippen MR) is 338 cm³/mol. The fourth-order valence-electron chi connectivity index (χ4n) is 11.2. The number of Topliss-reactive ketones (excluding diaryl/α,β-unsaturated/α-hetero) is 2. The number of hydrogen-bond donors (Lipinski definition) is 1. The Balaban J connectivity index is 0.000000162. The number of nitrogens with zero attached hydrogens (tertiary/aromatic N) is 12. The number of anilines is 1. The van der Waals surface area contributed by atoms with Crippen LogP contribution in [0.15, 0.2) is 81.7 Å². The molecular formula is C61H75ClF3N13O10S3. The number of ether oxygens (including phenoxy) is 1. The van der Waals surface area contributed by atoms with E-state index in [1.807, 2.05) is 46.1 Å². The van der Waals surface area contributed by atoms with Gasteiger partial charge in [-0.25, -0.2) is 64.9 Å². The summed E-state index contributed by atoms with van der Waals surface area (Å²) in [6, 6.07) is 15.1. The summed E-state index contributed by atoms with van der Waals surface area (Å²) in [6.45, 7) is 26.5. The molecule has 11 rings (SSSR count). The first-order valence-electron chi connectivity index (χ1n) is 29.2. The molecule has 8 heterocycles. The van der Waals surface area contributed by atoms with Crippen molar-refractivity contribution in [1.82, 2.24) is 58.8 Å². The number of aromatic nitrogens is 10. The Morgan fingerprint density at radius 3 is 1.48 bits per heavy atom. The number of aryl methyl sites for hydroxylation is 1. The smallest absolute Gasteiger partial charge is 0.435 e. The lowest BCUT2D eigenvalue weighted by Gasteiger charge is -2.38. The van der Waals surface area contributed by atoms with Crippen LogP contribution in [-0.4, -0.2) is 140 Å². The number of alkyl halides is 3. The highest BCUT2D eigenvalue weighted by molar-refractivity contribution is 7.91. The number of carbonyl (C=O) groups is 3. The van der Waals surface area contributed by atoms with Crippen molar-refractivity contribution in [1.29, 1.82) is 0 Å². The minimum Gasteiger partial charge on any atom is -0.444 e. The third-order valence-electron chi connectivity index (χ3n) is 15.3. The second kappa shape index (κ2) is 26.3. The zero-order chi connectivity index (χ0) is 67.4. The summed E-state index contributed by atoms with van der Waals surface area (Å²) >= 11 is 5.24. The number of halogens is 4. The lowest BCUT2D eigenvalue weighted by molar-refractivity contribution is -0.141. The van der Waals surface area contributed by atoms with E-state index in [0.29, 0.717) is 59.1 Å². The molecule has 1 amide bonds. The number of rotatable bonds is 9. The van der Waals surface area contributed by atoms with Crippen LogP contribution in [0, 0.1) is 24.7 Å². The Bertz CT molecular complexity index is 4490. The van der Waals surface area contributed by atoms with Crippen LogP contribution in [0.2, 0.25) is 5.15 Å². The minimum absolute atomic E-state index is 0.0541. The van der Waals surface area contributed by atoms with E-state index >= 15 is 0 Å². The van der Waals surface area contributed by atoms with E-state index in [-0.39, 0.29) is 46.7 Å². The molecule has 91 heavy (non-hydrogen) atoms. The number of ketones is 2. The number of carbonyl (C=O) groups excluding carboxylic acids is 3. The van der Waals surface area contributed by atoms with Gasteiger partial charge in [0.25, 0.3) is 0 Å². The molecule has 8 aromatic rings. The maximum absolute atomic E-state index is 12.7. The van der Waals surface area contributed by atoms with Crippen LogP contribution in [0.4, 0.5) is 23.9 Å². The molecule has 5 aromatic heterocycles. The quantitative estimate of drug-likeness (QED) is 0.131. The molecule has 0 saturated carbocycles. The van der Waals surface area contributed by atoms with Crippen LogP contribution >= 0.6 is 11.6 Å². The molecule has 1 N–H and O–H groups in total. The molecule has 0 radical (unpaired) electrons. The topological polar surface area (TPSA) is 286 Å². The first-order chi connectivity index (χ1) is 42.2. The van der Waals surface area contributed by atoms with Crippen LogP contribution in [0.3, 0.4) is 0 Å². The molecule has 0 spiro atoms. The van der Waals surface area contributed by atoms with Gasteiger partial charge < -0.3 is 28.7 Å². The van der Waals surface area contributed by atoms with E-state index in [1.165, 1.54) is 25.7 Å². The van der Waals surface area contributed by atoms with Gasteiger partial charge >= 0.3 is 12.3 Å². The summed E-state index contributed by atoms with van der Waals surface area (Å²) in [5.74, 6) is 3.15. The van der Waals surface area contributed by atoms with E-state index in [4.69, 9.17) is 26.3 Å². The average Bonchev–Trinajstić information content (AvgIpc) is 1.64. The van der Waals surface area contributed by atoms with Gasteiger partial charge in [-0.05, 0) is 107 Å². The molecule has 3 unspecified atom stereocenters. The van der Waals surface area contributed by atoms with Gasteiger partial charge in [-0.1, -0.05) is 53.1 Å².